The Hall–Kier alpha value is -3.26. The molecule has 0 spiro atoms. The molecule has 0 unspecified atom stereocenters. The van der Waals surface area contributed by atoms with Crippen LogP contribution in [0.1, 0.15) is 46.0 Å². The molecule has 0 atom stereocenters. The van der Waals surface area contributed by atoms with Crippen molar-refractivity contribution in [1.29, 1.82) is 0 Å². The van der Waals surface area contributed by atoms with Gasteiger partial charge in [0.2, 0.25) is 0 Å². The largest absolute Gasteiger partial charge is 0.277 e. The molecule has 0 saturated carbocycles. The van der Waals surface area contributed by atoms with E-state index in [1.54, 1.807) is 0 Å². The average molecular weight is 423 g/mol. The molecular weight excluding hydrogens is 388 g/mol. The summed E-state index contributed by atoms with van der Waals surface area (Å²) in [6, 6.07) is 26.6. The van der Waals surface area contributed by atoms with E-state index >= 15 is 0 Å². The molecule has 0 bridgehead atoms. The monoisotopic (exact) mass is 422 g/mol. The molecule has 2 aromatic heterocycles. The highest BCUT2D eigenvalue weighted by atomic mass is 15.0. The van der Waals surface area contributed by atoms with Crippen LogP contribution in [-0.2, 0) is 19.5 Å². The number of pyridine rings is 2. The second-order valence-electron chi connectivity index (χ2n) is 9.25. The van der Waals surface area contributed by atoms with Crippen molar-refractivity contribution in [2.24, 2.45) is 14.1 Å². The van der Waals surface area contributed by atoms with Gasteiger partial charge in [-0.3, -0.25) is 0 Å². The van der Waals surface area contributed by atoms with Crippen molar-refractivity contribution < 1.29 is 9.13 Å². The van der Waals surface area contributed by atoms with Crippen LogP contribution in [0.4, 0.5) is 0 Å². The number of rotatable bonds is 4. The maximum absolute atomic E-state index is 2.38. The van der Waals surface area contributed by atoms with Crippen LogP contribution in [-0.4, -0.2) is 0 Å². The van der Waals surface area contributed by atoms with Crippen molar-refractivity contribution in [2.75, 3.05) is 0 Å². The van der Waals surface area contributed by atoms with Gasteiger partial charge in [-0.25, -0.2) is 0 Å². The Kier molecular flexibility index (Phi) is 5.73. The van der Waals surface area contributed by atoms with Gasteiger partial charge in [-0.1, -0.05) is 48.5 Å². The lowest BCUT2D eigenvalue weighted by Gasteiger charge is -2.31. The van der Waals surface area contributed by atoms with Gasteiger partial charge < -0.3 is 0 Å². The molecule has 162 valence electrons. The lowest BCUT2D eigenvalue weighted by Crippen LogP contribution is -2.47. The molecule has 0 aliphatic carbocycles. The van der Waals surface area contributed by atoms with E-state index in [4.69, 9.17) is 0 Å². The minimum absolute atomic E-state index is 0.292. The quantitative estimate of drug-likeness (QED) is 0.379. The van der Waals surface area contributed by atoms with E-state index in [9.17, 15) is 0 Å². The Labute approximate surface area is 192 Å². The average Bonchev–Trinajstić information content (AvgIpc) is 2.77. The molecule has 2 aromatic carbocycles. The van der Waals surface area contributed by atoms with Gasteiger partial charge in [0.25, 0.3) is 11.4 Å². The first-order valence-corrected chi connectivity index (χ1v) is 11.3. The van der Waals surface area contributed by atoms with Gasteiger partial charge >= 0.3 is 0 Å². The van der Waals surface area contributed by atoms with E-state index < -0.39 is 0 Å². The molecule has 0 saturated heterocycles. The summed E-state index contributed by atoms with van der Waals surface area (Å²) in [5, 5.41) is 0. The maximum atomic E-state index is 2.38. The van der Waals surface area contributed by atoms with Gasteiger partial charge in [0, 0.05) is 23.8 Å². The van der Waals surface area contributed by atoms with Crippen LogP contribution in [0.3, 0.4) is 0 Å². The number of benzene rings is 2. The first-order valence-electron chi connectivity index (χ1n) is 11.3. The number of aryl methyl sites for hydroxylation is 5. The molecule has 2 heteroatoms. The summed E-state index contributed by atoms with van der Waals surface area (Å²) < 4.78 is 4.61. The molecule has 2 nitrogen and oxygen atoms in total. The Morgan fingerprint density at radius 3 is 1.72 bits per heavy atom. The number of nitrogens with zero attached hydrogens (tertiary/aromatic N) is 2. The SMILES string of the molecule is Cc1cc(-c2cccc(C(C)(c3ccccc3C)c3ccccc3C)[n+]2C)[n+](C)cc1C. The summed E-state index contributed by atoms with van der Waals surface area (Å²) in [4.78, 5) is 0. The number of aromatic nitrogens is 2. The summed E-state index contributed by atoms with van der Waals surface area (Å²) in [7, 11) is 4.34. The molecule has 4 rings (SSSR count). The minimum Gasteiger partial charge on any atom is -0.196 e. The van der Waals surface area contributed by atoms with E-state index in [-0.39, 0.29) is 5.41 Å². The standard InChI is InChI=1S/C30H34N2/c1-21-13-8-10-15-25(21)30(5,26-16-11-9-14-22(26)2)29-18-12-17-27(32(29)7)28-19-23(3)24(4)20-31(28)6/h8-20H,1-7H3/q+2. The van der Waals surface area contributed by atoms with Crippen LogP contribution >= 0.6 is 0 Å². The maximum Gasteiger partial charge on any atom is 0.277 e. The summed E-state index contributed by atoms with van der Waals surface area (Å²) >= 11 is 0. The molecule has 0 aliphatic rings. The lowest BCUT2D eigenvalue weighted by molar-refractivity contribution is -0.695. The molecule has 0 amide bonds. The van der Waals surface area contributed by atoms with Gasteiger partial charge in [-0.2, -0.15) is 9.13 Å². The zero-order chi connectivity index (χ0) is 23.0. The first-order chi connectivity index (χ1) is 15.2. The topological polar surface area (TPSA) is 7.76 Å². The van der Waals surface area contributed by atoms with Gasteiger partial charge in [-0.05, 0) is 68.5 Å². The smallest absolute Gasteiger partial charge is 0.196 e. The van der Waals surface area contributed by atoms with Crippen molar-refractivity contribution in [3.8, 4) is 11.4 Å². The van der Waals surface area contributed by atoms with Crippen LogP contribution in [0.25, 0.3) is 11.4 Å². The number of hydrogen-bond donors (Lipinski definition) is 0. The third-order valence-electron chi connectivity index (χ3n) is 7.12. The zero-order valence-corrected chi connectivity index (χ0v) is 20.4. The Bertz CT molecular complexity index is 1250. The molecule has 4 aromatic rings. The molecule has 2 heterocycles. The lowest BCUT2D eigenvalue weighted by atomic mass is 9.70. The summed E-state index contributed by atoms with van der Waals surface area (Å²) in [6.07, 6.45) is 2.22. The highest BCUT2D eigenvalue weighted by molar-refractivity contribution is 5.54. The third kappa shape index (κ3) is 3.54. The molecule has 0 aliphatic heterocycles. The summed E-state index contributed by atoms with van der Waals surface area (Å²) in [6.45, 7) is 11.2. The van der Waals surface area contributed by atoms with E-state index in [1.165, 1.54) is 50.5 Å². The van der Waals surface area contributed by atoms with Crippen LogP contribution < -0.4 is 9.13 Å². The Balaban J connectivity index is 2.05. The van der Waals surface area contributed by atoms with Crippen molar-refractivity contribution in [1.82, 2.24) is 0 Å². The fraction of sp³-hybridized carbons (Fsp3) is 0.267. The van der Waals surface area contributed by atoms with Crippen molar-refractivity contribution in [3.05, 3.63) is 118 Å². The van der Waals surface area contributed by atoms with E-state index in [0.717, 1.165) is 0 Å². The highest BCUT2D eigenvalue weighted by Crippen LogP contribution is 2.40. The fourth-order valence-electron chi connectivity index (χ4n) is 5.17. The molecule has 0 radical (unpaired) electrons. The van der Waals surface area contributed by atoms with Gasteiger partial charge in [0.1, 0.15) is 19.5 Å². The van der Waals surface area contributed by atoms with E-state index in [0.29, 0.717) is 0 Å². The minimum atomic E-state index is -0.292. The van der Waals surface area contributed by atoms with Crippen molar-refractivity contribution >= 4 is 0 Å². The second kappa shape index (κ2) is 8.35. The highest BCUT2D eigenvalue weighted by Gasteiger charge is 2.41. The molecule has 0 fully saturated rings. The van der Waals surface area contributed by atoms with Crippen LogP contribution in [0, 0.1) is 27.7 Å². The van der Waals surface area contributed by atoms with Crippen molar-refractivity contribution in [3.63, 3.8) is 0 Å². The summed E-state index contributed by atoms with van der Waals surface area (Å²) in [5.41, 5.74) is 11.3. The predicted molar refractivity (Wildman–Crippen MR) is 132 cm³/mol. The van der Waals surface area contributed by atoms with E-state index in [1.807, 2.05) is 0 Å². The fourth-order valence-corrected chi connectivity index (χ4v) is 5.17. The first kappa shape index (κ1) is 22.0. The van der Waals surface area contributed by atoms with Gasteiger partial charge in [-0.15, -0.1) is 0 Å². The van der Waals surface area contributed by atoms with E-state index in [2.05, 4.69) is 137 Å². The third-order valence-corrected chi connectivity index (χ3v) is 7.12. The van der Waals surface area contributed by atoms with Crippen LogP contribution in [0.15, 0.2) is 79.0 Å². The normalized spacial score (nSPS) is 11.6. The molecular formula is C30H34N2+2. The van der Waals surface area contributed by atoms with Crippen molar-refractivity contribution in [2.45, 2.75) is 40.0 Å². The van der Waals surface area contributed by atoms with Gasteiger partial charge in [0.15, 0.2) is 11.9 Å². The Morgan fingerprint density at radius 2 is 1.16 bits per heavy atom. The zero-order valence-electron chi connectivity index (χ0n) is 20.4. The second-order valence-corrected chi connectivity index (χ2v) is 9.25. The summed E-state index contributed by atoms with van der Waals surface area (Å²) in [5.74, 6) is 0. The number of hydrogen-bond acceptors (Lipinski definition) is 0. The molecule has 32 heavy (non-hydrogen) atoms. The molecule has 0 N–H and O–H groups in total. The Morgan fingerprint density at radius 1 is 0.594 bits per heavy atom. The van der Waals surface area contributed by atoms with Crippen LogP contribution in [0.2, 0.25) is 0 Å². The van der Waals surface area contributed by atoms with Crippen LogP contribution in [0.5, 0.6) is 0 Å². The predicted octanol–water partition coefficient (Wildman–Crippen LogP) is 5.59. The van der Waals surface area contributed by atoms with Gasteiger partial charge in [0.05, 0.1) is 0 Å².